The van der Waals surface area contributed by atoms with E-state index >= 15 is 0 Å². The highest BCUT2D eigenvalue weighted by Gasteiger charge is 1.94. The lowest BCUT2D eigenvalue weighted by atomic mass is 10.4. The van der Waals surface area contributed by atoms with Gasteiger partial charge in [0.15, 0.2) is 5.13 Å². The number of anilines is 2. The van der Waals surface area contributed by atoms with Gasteiger partial charge in [-0.15, -0.1) is 11.3 Å². The van der Waals surface area contributed by atoms with Crippen molar-refractivity contribution < 1.29 is 0 Å². The molecule has 12 heavy (non-hydrogen) atoms. The summed E-state index contributed by atoms with van der Waals surface area (Å²) in [5.74, 6) is 0. The number of pyridine rings is 1. The Morgan fingerprint density at radius 3 is 2.83 bits per heavy atom. The van der Waals surface area contributed by atoms with Crippen LogP contribution in [-0.4, -0.2) is 9.97 Å². The van der Waals surface area contributed by atoms with Crippen molar-refractivity contribution in [3.63, 3.8) is 0 Å². The molecule has 2 aromatic rings. The highest BCUT2D eigenvalue weighted by atomic mass is 32.1. The Morgan fingerprint density at radius 2 is 2.17 bits per heavy atom. The molecule has 0 bridgehead atoms. The summed E-state index contributed by atoms with van der Waals surface area (Å²) in [6.45, 7) is 0. The summed E-state index contributed by atoms with van der Waals surface area (Å²) in [7, 11) is 0. The second kappa shape index (κ2) is 3.32. The highest BCUT2D eigenvalue weighted by molar-refractivity contribution is 7.13. The first-order valence-corrected chi connectivity index (χ1v) is 4.32. The molecule has 0 spiro atoms. The van der Waals surface area contributed by atoms with Crippen LogP contribution in [0, 0.1) is 6.20 Å². The molecule has 59 valence electrons. The van der Waals surface area contributed by atoms with Crippen molar-refractivity contribution in [3.05, 3.63) is 36.1 Å². The van der Waals surface area contributed by atoms with Crippen LogP contribution in [0.15, 0.2) is 29.9 Å². The number of rotatable bonds is 2. The van der Waals surface area contributed by atoms with Crippen LogP contribution in [0.25, 0.3) is 0 Å². The zero-order chi connectivity index (χ0) is 8.23. The Hall–Kier alpha value is -1.42. The maximum Gasteiger partial charge on any atom is 0.187 e. The quantitative estimate of drug-likeness (QED) is 0.761. The number of nitrogens with zero attached hydrogens (tertiary/aromatic N) is 2. The lowest BCUT2D eigenvalue weighted by Gasteiger charge is -1.99. The Balaban J connectivity index is 2.15. The number of thiazole rings is 1. The van der Waals surface area contributed by atoms with E-state index in [0.717, 1.165) is 10.8 Å². The van der Waals surface area contributed by atoms with Crippen LogP contribution >= 0.6 is 11.3 Å². The zero-order valence-electron chi connectivity index (χ0n) is 6.19. The molecule has 0 aliphatic carbocycles. The minimum absolute atomic E-state index is 0.848. The van der Waals surface area contributed by atoms with Gasteiger partial charge >= 0.3 is 0 Å². The zero-order valence-corrected chi connectivity index (χ0v) is 7.01. The third kappa shape index (κ3) is 1.60. The monoisotopic (exact) mass is 176 g/mol. The third-order valence-corrected chi connectivity index (χ3v) is 1.96. The minimum Gasteiger partial charge on any atom is -0.331 e. The minimum atomic E-state index is 0.848. The number of aromatic nitrogens is 2. The maximum absolute atomic E-state index is 3.97. The van der Waals surface area contributed by atoms with E-state index in [1.807, 2.05) is 17.5 Å². The molecule has 3 nitrogen and oxygen atoms in total. The second-order valence-corrected chi connectivity index (χ2v) is 3.00. The fourth-order valence-electron chi connectivity index (χ4n) is 0.810. The summed E-state index contributed by atoms with van der Waals surface area (Å²) in [6, 6.07) is 3.78. The fraction of sp³-hybridized carbons (Fsp3) is 0. The normalized spacial score (nSPS) is 9.67. The Bertz CT molecular complexity index is 330. The highest BCUT2D eigenvalue weighted by Crippen LogP contribution is 2.16. The van der Waals surface area contributed by atoms with Gasteiger partial charge in [-0.1, -0.05) is 0 Å². The molecule has 2 rings (SSSR count). The molecule has 1 N–H and O–H groups in total. The SMILES string of the molecule is [c]1csc(Nc2ccncc2)n1. The van der Waals surface area contributed by atoms with Crippen LogP contribution in [0.2, 0.25) is 0 Å². The molecule has 2 heterocycles. The van der Waals surface area contributed by atoms with E-state index < -0.39 is 0 Å². The van der Waals surface area contributed by atoms with Crippen molar-refractivity contribution in [1.29, 1.82) is 0 Å². The molecule has 0 saturated carbocycles. The van der Waals surface area contributed by atoms with E-state index in [9.17, 15) is 0 Å². The van der Waals surface area contributed by atoms with Crippen LogP contribution in [0.1, 0.15) is 0 Å². The summed E-state index contributed by atoms with van der Waals surface area (Å²) in [6.07, 6.45) is 6.21. The van der Waals surface area contributed by atoms with Gasteiger partial charge in [0.2, 0.25) is 0 Å². The van der Waals surface area contributed by atoms with E-state index in [1.54, 1.807) is 12.4 Å². The molecule has 0 unspecified atom stereocenters. The average molecular weight is 176 g/mol. The summed E-state index contributed by atoms with van der Waals surface area (Å²) >= 11 is 1.52. The molecule has 2 aromatic heterocycles. The molecule has 0 saturated heterocycles. The lowest BCUT2D eigenvalue weighted by Crippen LogP contribution is -1.88. The smallest absolute Gasteiger partial charge is 0.187 e. The van der Waals surface area contributed by atoms with Crippen LogP contribution in [-0.2, 0) is 0 Å². The first-order chi connectivity index (χ1) is 5.95. The van der Waals surface area contributed by atoms with Crippen LogP contribution in [0.5, 0.6) is 0 Å². The Kier molecular flexibility index (Phi) is 2.00. The molecule has 0 aliphatic heterocycles. The molecule has 1 radical (unpaired) electrons. The van der Waals surface area contributed by atoms with Crippen LogP contribution in [0.3, 0.4) is 0 Å². The molecule has 4 heteroatoms. The summed E-state index contributed by atoms with van der Waals surface area (Å²) in [4.78, 5) is 7.88. The van der Waals surface area contributed by atoms with E-state index in [0.29, 0.717) is 0 Å². The predicted octanol–water partition coefficient (Wildman–Crippen LogP) is 2.08. The van der Waals surface area contributed by atoms with Gasteiger partial charge in [0.25, 0.3) is 0 Å². The molecular formula is C8H6N3S. The molecule has 0 atom stereocenters. The number of nitrogens with one attached hydrogen (secondary N) is 1. The van der Waals surface area contributed by atoms with Crippen molar-refractivity contribution >= 4 is 22.2 Å². The summed E-state index contributed by atoms with van der Waals surface area (Å²) < 4.78 is 0. The number of hydrogen-bond acceptors (Lipinski definition) is 4. The molecule has 0 aliphatic rings. The van der Waals surface area contributed by atoms with Gasteiger partial charge in [-0.05, 0) is 12.1 Å². The van der Waals surface area contributed by atoms with Gasteiger partial charge in [-0.3, -0.25) is 4.98 Å². The molecule has 0 fully saturated rings. The fourth-order valence-corrected chi connectivity index (χ4v) is 1.31. The van der Waals surface area contributed by atoms with Crippen molar-refractivity contribution in [2.45, 2.75) is 0 Å². The Morgan fingerprint density at radius 1 is 1.33 bits per heavy atom. The van der Waals surface area contributed by atoms with E-state index in [4.69, 9.17) is 0 Å². The predicted molar refractivity (Wildman–Crippen MR) is 48.5 cm³/mol. The molecular weight excluding hydrogens is 170 g/mol. The molecule has 0 aromatic carbocycles. The van der Waals surface area contributed by atoms with Crippen molar-refractivity contribution in [2.75, 3.05) is 5.32 Å². The average Bonchev–Trinajstić information content (AvgIpc) is 2.59. The van der Waals surface area contributed by atoms with Crippen LogP contribution in [0.4, 0.5) is 10.8 Å². The van der Waals surface area contributed by atoms with E-state index in [-0.39, 0.29) is 0 Å². The van der Waals surface area contributed by atoms with E-state index in [1.165, 1.54) is 11.3 Å². The van der Waals surface area contributed by atoms with Crippen LogP contribution < -0.4 is 5.32 Å². The first kappa shape index (κ1) is 7.24. The molecule has 0 amide bonds. The topological polar surface area (TPSA) is 37.8 Å². The summed E-state index contributed by atoms with van der Waals surface area (Å²) in [5, 5.41) is 5.78. The van der Waals surface area contributed by atoms with Crippen molar-refractivity contribution in [2.24, 2.45) is 0 Å². The van der Waals surface area contributed by atoms with Crippen molar-refractivity contribution in [3.8, 4) is 0 Å². The second-order valence-electron chi connectivity index (χ2n) is 2.14. The largest absolute Gasteiger partial charge is 0.331 e. The van der Waals surface area contributed by atoms with Gasteiger partial charge in [0.1, 0.15) is 6.20 Å². The first-order valence-electron chi connectivity index (χ1n) is 3.44. The van der Waals surface area contributed by atoms with Gasteiger partial charge in [0.05, 0.1) is 0 Å². The van der Waals surface area contributed by atoms with Gasteiger partial charge in [0, 0.05) is 23.5 Å². The Labute approximate surface area is 74.1 Å². The van der Waals surface area contributed by atoms with Crippen molar-refractivity contribution in [1.82, 2.24) is 9.97 Å². The van der Waals surface area contributed by atoms with Gasteiger partial charge in [-0.25, -0.2) is 4.98 Å². The van der Waals surface area contributed by atoms with Gasteiger partial charge < -0.3 is 5.32 Å². The van der Waals surface area contributed by atoms with Gasteiger partial charge in [-0.2, -0.15) is 0 Å². The third-order valence-electron chi connectivity index (χ3n) is 1.32. The van der Waals surface area contributed by atoms with E-state index in [2.05, 4.69) is 21.5 Å². The summed E-state index contributed by atoms with van der Waals surface area (Å²) in [5.41, 5.74) is 0.994. The standard InChI is InChI=1S/C8H6N3S/c1-3-9-4-2-7(1)11-8-10-5-6-12-8/h1-4,6H,(H,9,10,11). The number of hydrogen-bond donors (Lipinski definition) is 1. The maximum atomic E-state index is 3.97. The lowest BCUT2D eigenvalue weighted by molar-refractivity contribution is 1.31.